The molecule has 2 rings (SSSR count). The molecule has 0 aliphatic heterocycles. The number of alkyl halides is 3. The summed E-state index contributed by atoms with van der Waals surface area (Å²) in [6.45, 7) is 0. The molecule has 2 aromatic carbocycles. The lowest BCUT2D eigenvalue weighted by molar-refractivity contribution is -0.274. The molecule has 6 N–H and O–H groups in total. The molecule has 0 aliphatic carbocycles. The zero-order valence-corrected chi connectivity index (χ0v) is 12.8. The minimum absolute atomic E-state index is 0.00365. The van der Waals surface area contributed by atoms with Crippen molar-refractivity contribution in [1.29, 1.82) is 0 Å². The number of carbonyl (C=O) groups is 1. The first-order valence-corrected chi connectivity index (χ1v) is 6.98. The summed E-state index contributed by atoms with van der Waals surface area (Å²) in [6, 6.07) is 11.4. The van der Waals surface area contributed by atoms with Crippen molar-refractivity contribution in [3.63, 3.8) is 0 Å². The first-order chi connectivity index (χ1) is 11.8. The Hall–Kier alpha value is -3.20. The highest BCUT2D eigenvalue weighted by molar-refractivity contribution is 6.05. The van der Waals surface area contributed by atoms with Gasteiger partial charge in [-0.3, -0.25) is 10.6 Å². The first-order valence-electron chi connectivity index (χ1n) is 6.98. The second-order valence-corrected chi connectivity index (χ2v) is 4.84. The maximum absolute atomic E-state index is 12.3. The Morgan fingerprint density at radius 1 is 1.12 bits per heavy atom. The molecule has 0 spiro atoms. The number of hydrogen-bond acceptors (Lipinski definition) is 5. The van der Waals surface area contributed by atoms with Crippen LogP contribution in [0.15, 0.2) is 54.7 Å². The van der Waals surface area contributed by atoms with E-state index in [-0.39, 0.29) is 11.3 Å². The quantitative estimate of drug-likeness (QED) is 0.489. The highest BCUT2D eigenvalue weighted by Gasteiger charge is 2.31. The summed E-state index contributed by atoms with van der Waals surface area (Å²) in [4.78, 5) is 12.3. The SMILES string of the molecule is NN/C=C(\N)c1ccccc1NC(=O)c1cccc(OC(F)(F)F)c1. The van der Waals surface area contributed by atoms with Crippen LogP contribution in [0.2, 0.25) is 0 Å². The van der Waals surface area contributed by atoms with E-state index in [4.69, 9.17) is 11.6 Å². The molecule has 2 aromatic rings. The van der Waals surface area contributed by atoms with Crippen LogP contribution in [0.4, 0.5) is 18.9 Å². The number of nitrogens with two attached hydrogens (primary N) is 2. The van der Waals surface area contributed by atoms with Gasteiger partial charge in [-0.25, -0.2) is 0 Å². The van der Waals surface area contributed by atoms with Gasteiger partial charge in [-0.15, -0.1) is 13.2 Å². The molecule has 0 atom stereocenters. The van der Waals surface area contributed by atoms with Gasteiger partial charge < -0.3 is 21.2 Å². The van der Waals surface area contributed by atoms with E-state index >= 15 is 0 Å². The van der Waals surface area contributed by atoms with Crippen molar-refractivity contribution in [2.24, 2.45) is 11.6 Å². The maximum Gasteiger partial charge on any atom is 0.573 e. The van der Waals surface area contributed by atoms with Crippen molar-refractivity contribution in [3.05, 3.63) is 65.9 Å². The number of carbonyl (C=O) groups excluding carboxylic acids is 1. The Balaban J connectivity index is 2.24. The largest absolute Gasteiger partial charge is 0.573 e. The summed E-state index contributed by atoms with van der Waals surface area (Å²) in [5.74, 6) is 4.07. The van der Waals surface area contributed by atoms with Crippen LogP contribution in [0.1, 0.15) is 15.9 Å². The summed E-state index contributed by atoms with van der Waals surface area (Å²) < 4.78 is 40.6. The molecule has 0 saturated carbocycles. The fourth-order valence-corrected chi connectivity index (χ4v) is 2.04. The summed E-state index contributed by atoms with van der Waals surface area (Å²) in [7, 11) is 0. The smallest absolute Gasteiger partial charge is 0.406 e. The lowest BCUT2D eigenvalue weighted by Crippen LogP contribution is -2.19. The van der Waals surface area contributed by atoms with Crippen LogP contribution in [-0.4, -0.2) is 12.3 Å². The lowest BCUT2D eigenvalue weighted by atomic mass is 10.1. The third-order valence-corrected chi connectivity index (χ3v) is 3.05. The molecular formula is C16H15F3N4O2. The predicted molar refractivity (Wildman–Crippen MR) is 87.0 cm³/mol. The third kappa shape index (κ3) is 5.15. The Labute approximate surface area is 141 Å². The fourth-order valence-electron chi connectivity index (χ4n) is 2.04. The van der Waals surface area contributed by atoms with E-state index < -0.39 is 18.0 Å². The van der Waals surface area contributed by atoms with E-state index in [0.29, 0.717) is 11.3 Å². The van der Waals surface area contributed by atoms with E-state index in [1.54, 1.807) is 24.3 Å². The molecule has 0 radical (unpaired) electrons. The molecule has 6 nitrogen and oxygen atoms in total. The van der Waals surface area contributed by atoms with Crippen LogP contribution >= 0.6 is 0 Å². The molecule has 132 valence electrons. The number of halogens is 3. The summed E-state index contributed by atoms with van der Waals surface area (Å²) >= 11 is 0. The van der Waals surface area contributed by atoms with Crippen molar-refractivity contribution >= 4 is 17.3 Å². The summed E-state index contributed by atoms with van der Waals surface area (Å²) in [5, 5.41) is 2.59. The zero-order chi connectivity index (χ0) is 18.4. The van der Waals surface area contributed by atoms with E-state index in [9.17, 15) is 18.0 Å². The van der Waals surface area contributed by atoms with Gasteiger partial charge in [0.1, 0.15) is 5.75 Å². The van der Waals surface area contributed by atoms with Crippen LogP contribution < -0.4 is 27.1 Å². The van der Waals surface area contributed by atoms with Crippen molar-refractivity contribution < 1.29 is 22.7 Å². The van der Waals surface area contributed by atoms with Crippen LogP contribution in [0, 0.1) is 0 Å². The standard InChI is InChI=1S/C16H15F3N4O2/c17-16(18,19)25-11-5-3-4-10(8-11)15(24)23-14-7-2-1-6-12(14)13(20)9-22-21/h1-9,22H,20-21H2,(H,23,24)/b13-9-. The molecule has 0 fully saturated rings. The van der Waals surface area contributed by atoms with Crippen LogP contribution in [0.5, 0.6) is 5.75 Å². The van der Waals surface area contributed by atoms with Gasteiger partial charge in [0.25, 0.3) is 5.91 Å². The number of hydrogen-bond donors (Lipinski definition) is 4. The van der Waals surface area contributed by atoms with Gasteiger partial charge in [-0.05, 0) is 24.3 Å². The number of benzene rings is 2. The average Bonchev–Trinajstić information content (AvgIpc) is 2.54. The van der Waals surface area contributed by atoms with Crippen molar-refractivity contribution in [3.8, 4) is 5.75 Å². The van der Waals surface area contributed by atoms with E-state index in [2.05, 4.69) is 15.5 Å². The first kappa shape index (κ1) is 18.1. The number of rotatable bonds is 5. The Kier molecular flexibility index (Phi) is 5.50. The Morgan fingerprint density at radius 3 is 2.52 bits per heavy atom. The number of amides is 1. The normalized spacial score (nSPS) is 11.8. The number of hydrazine groups is 1. The van der Waals surface area contributed by atoms with Crippen LogP contribution in [-0.2, 0) is 0 Å². The second kappa shape index (κ2) is 7.58. The van der Waals surface area contributed by atoms with Crippen molar-refractivity contribution in [1.82, 2.24) is 5.43 Å². The molecule has 0 aromatic heterocycles. The molecule has 9 heteroatoms. The minimum atomic E-state index is -4.84. The van der Waals surface area contributed by atoms with Gasteiger partial charge in [0, 0.05) is 17.3 Å². The van der Waals surface area contributed by atoms with E-state index in [0.717, 1.165) is 12.1 Å². The lowest BCUT2D eigenvalue weighted by Gasteiger charge is -2.13. The monoisotopic (exact) mass is 352 g/mol. The van der Waals surface area contributed by atoms with E-state index in [1.807, 2.05) is 0 Å². The van der Waals surface area contributed by atoms with Gasteiger partial charge in [0.05, 0.1) is 11.4 Å². The molecule has 1 amide bonds. The maximum atomic E-state index is 12.3. The molecule has 25 heavy (non-hydrogen) atoms. The number of anilines is 1. The minimum Gasteiger partial charge on any atom is -0.406 e. The summed E-state index contributed by atoms with van der Waals surface area (Å²) in [6.07, 6.45) is -3.50. The van der Waals surface area contributed by atoms with Gasteiger partial charge >= 0.3 is 6.36 Å². The Morgan fingerprint density at radius 2 is 1.84 bits per heavy atom. The zero-order valence-electron chi connectivity index (χ0n) is 12.8. The molecule has 0 unspecified atom stereocenters. The average molecular weight is 352 g/mol. The molecule has 0 saturated heterocycles. The van der Waals surface area contributed by atoms with Gasteiger partial charge in [-0.1, -0.05) is 24.3 Å². The number of para-hydroxylation sites is 1. The van der Waals surface area contributed by atoms with Gasteiger partial charge in [-0.2, -0.15) is 0 Å². The van der Waals surface area contributed by atoms with Crippen LogP contribution in [0.25, 0.3) is 5.70 Å². The second-order valence-electron chi connectivity index (χ2n) is 4.84. The van der Waals surface area contributed by atoms with Crippen molar-refractivity contribution in [2.45, 2.75) is 6.36 Å². The fraction of sp³-hybridized carbons (Fsp3) is 0.0625. The predicted octanol–water partition coefficient (Wildman–Crippen LogP) is 2.56. The summed E-state index contributed by atoms with van der Waals surface area (Å²) in [5.41, 5.74) is 9.26. The third-order valence-electron chi connectivity index (χ3n) is 3.05. The van der Waals surface area contributed by atoms with Gasteiger partial charge in [0.15, 0.2) is 0 Å². The number of nitrogens with one attached hydrogen (secondary N) is 2. The van der Waals surface area contributed by atoms with Gasteiger partial charge in [0.2, 0.25) is 0 Å². The molecule has 0 aliphatic rings. The highest BCUT2D eigenvalue weighted by atomic mass is 19.4. The van der Waals surface area contributed by atoms with Crippen LogP contribution in [0.3, 0.4) is 0 Å². The Bertz CT molecular complexity index is 791. The number of ether oxygens (including phenoxy) is 1. The van der Waals surface area contributed by atoms with Crippen molar-refractivity contribution in [2.75, 3.05) is 5.32 Å². The topological polar surface area (TPSA) is 102 Å². The molecule has 0 heterocycles. The molecular weight excluding hydrogens is 337 g/mol. The highest BCUT2D eigenvalue weighted by Crippen LogP contribution is 2.25. The molecule has 0 bridgehead atoms. The van der Waals surface area contributed by atoms with E-state index in [1.165, 1.54) is 18.3 Å².